The first kappa shape index (κ1) is 13.1. The topological polar surface area (TPSA) is 49.3 Å². The smallest absolute Gasteiger partial charge is 0.320 e. The molecule has 0 amide bonds. The molecule has 0 fully saturated rings. The molecule has 1 aromatic rings. The van der Waals surface area contributed by atoms with Crippen molar-refractivity contribution in [3.05, 3.63) is 34.1 Å². The minimum atomic E-state index is -0.919. The molecule has 0 saturated heterocycles. The number of rotatable bonds is 5. The molecule has 0 spiro atoms. The number of aryl methyl sites for hydroxylation is 1. The van der Waals surface area contributed by atoms with Crippen LogP contribution in [0.25, 0.3) is 0 Å². The lowest BCUT2D eigenvalue weighted by molar-refractivity contribution is -0.139. The van der Waals surface area contributed by atoms with E-state index < -0.39 is 12.0 Å². The monoisotopic (exact) mass is 289 g/mol. The Hall–Kier alpha value is -0.940. The van der Waals surface area contributed by atoms with Crippen LogP contribution in [0.15, 0.2) is 22.7 Å². The van der Waals surface area contributed by atoms with Gasteiger partial charge >= 0.3 is 5.97 Å². The van der Waals surface area contributed by atoms with Gasteiger partial charge in [0.15, 0.2) is 0 Å². The van der Waals surface area contributed by atoms with Crippen LogP contribution in [0, 0.1) is 5.82 Å². The number of carboxylic acid groups (broad SMARTS) is 1. The first-order valence-corrected chi connectivity index (χ1v) is 5.68. The number of hydrogen-bond donors (Lipinski definition) is 2. The van der Waals surface area contributed by atoms with E-state index in [2.05, 4.69) is 21.2 Å². The molecule has 0 aromatic heterocycles. The van der Waals surface area contributed by atoms with Crippen LogP contribution >= 0.6 is 15.9 Å². The van der Waals surface area contributed by atoms with E-state index in [1.165, 1.54) is 6.07 Å². The highest BCUT2D eigenvalue weighted by Gasteiger charge is 2.15. The van der Waals surface area contributed by atoms with Crippen molar-refractivity contribution in [3.8, 4) is 0 Å². The Bertz CT molecular complexity index is 384. The van der Waals surface area contributed by atoms with E-state index in [1.54, 1.807) is 19.2 Å². The van der Waals surface area contributed by atoms with E-state index in [0.717, 1.165) is 4.47 Å². The summed E-state index contributed by atoms with van der Waals surface area (Å²) in [5.41, 5.74) is 0.524. The maximum Gasteiger partial charge on any atom is 0.320 e. The predicted molar refractivity (Wildman–Crippen MR) is 62.9 cm³/mol. The number of hydrogen-bond acceptors (Lipinski definition) is 2. The van der Waals surface area contributed by atoms with Crippen LogP contribution in [0.4, 0.5) is 4.39 Å². The molecule has 0 aliphatic rings. The summed E-state index contributed by atoms with van der Waals surface area (Å²) in [4.78, 5) is 10.7. The van der Waals surface area contributed by atoms with Crippen molar-refractivity contribution >= 4 is 21.9 Å². The number of likely N-dealkylation sites (N-methyl/N-ethyl adjacent to an activating group) is 1. The largest absolute Gasteiger partial charge is 0.480 e. The Morgan fingerprint density at radius 1 is 1.62 bits per heavy atom. The van der Waals surface area contributed by atoms with Gasteiger partial charge in [-0.25, -0.2) is 4.39 Å². The summed E-state index contributed by atoms with van der Waals surface area (Å²) >= 11 is 3.25. The molecule has 1 atom stereocenters. The van der Waals surface area contributed by atoms with E-state index in [4.69, 9.17) is 5.11 Å². The lowest BCUT2D eigenvalue weighted by Gasteiger charge is -2.11. The molecule has 0 saturated carbocycles. The average Bonchev–Trinajstić information content (AvgIpc) is 2.23. The molecule has 2 N–H and O–H groups in total. The van der Waals surface area contributed by atoms with E-state index in [9.17, 15) is 9.18 Å². The quantitative estimate of drug-likeness (QED) is 0.874. The second-order valence-corrected chi connectivity index (χ2v) is 4.37. The zero-order valence-electron chi connectivity index (χ0n) is 8.84. The lowest BCUT2D eigenvalue weighted by Crippen LogP contribution is -2.34. The van der Waals surface area contributed by atoms with Crippen molar-refractivity contribution in [2.75, 3.05) is 7.05 Å². The number of aliphatic carboxylic acids is 1. The number of carboxylic acids is 1. The fourth-order valence-electron chi connectivity index (χ4n) is 1.43. The molecule has 0 radical (unpaired) electrons. The van der Waals surface area contributed by atoms with E-state index in [-0.39, 0.29) is 5.82 Å². The number of nitrogens with one attached hydrogen (secondary N) is 1. The van der Waals surface area contributed by atoms with E-state index in [0.29, 0.717) is 18.4 Å². The summed E-state index contributed by atoms with van der Waals surface area (Å²) < 4.78 is 14.1. The summed E-state index contributed by atoms with van der Waals surface area (Å²) in [5, 5.41) is 11.5. The van der Waals surface area contributed by atoms with Crippen LogP contribution in [0.3, 0.4) is 0 Å². The van der Waals surface area contributed by atoms with Crippen LogP contribution in [-0.4, -0.2) is 24.2 Å². The summed E-state index contributed by atoms with van der Waals surface area (Å²) in [6.07, 6.45) is 0.752. The zero-order valence-corrected chi connectivity index (χ0v) is 10.4. The van der Waals surface area contributed by atoms with Crippen molar-refractivity contribution < 1.29 is 14.3 Å². The highest BCUT2D eigenvalue weighted by atomic mass is 79.9. The second-order valence-electron chi connectivity index (χ2n) is 3.45. The molecular formula is C11H13BrFNO2. The van der Waals surface area contributed by atoms with Gasteiger partial charge < -0.3 is 10.4 Å². The van der Waals surface area contributed by atoms with Crippen LogP contribution in [-0.2, 0) is 11.2 Å². The van der Waals surface area contributed by atoms with Crippen molar-refractivity contribution in [2.45, 2.75) is 18.9 Å². The first-order valence-electron chi connectivity index (χ1n) is 4.88. The average molecular weight is 290 g/mol. The van der Waals surface area contributed by atoms with Gasteiger partial charge in [0.1, 0.15) is 11.9 Å². The molecule has 3 nitrogen and oxygen atoms in total. The summed E-state index contributed by atoms with van der Waals surface area (Å²) in [5.74, 6) is -1.22. The molecule has 1 rings (SSSR count). The van der Waals surface area contributed by atoms with Crippen LogP contribution in [0.5, 0.6) is 0 Å². The molecule has 0 heterocycles. The van der Waals surface area contributed by atoms with Gasteiger partial charge in [0.05, 0.1) is 0 Å². The lowest BCUT2D eigenvalue weighted by atomic mass is 10.1. The van der Waals surface area contributed by atoms with Crippen molar-refractivity contribution in [1.29, 1.82) is 0 Å². The molecule has 5 heteroatoms. The third kappa shape index (κ3) is 3.57. The summed E-state index contributed by atoms with van der Waals surface area (Å²) in [7, 11) is 1.58. The molecule has 0 bridgehead atoms. The van der Waals surface area contributed by atoms with Crippen LogP contribution in [0.1, 0.15) is 12.0 Å². The standard InChI is InChI=1S/C11H13BrFNO2/c1-14-10(11(15)16)5-2-7-6-8(12)3-4-9(7)13/h3-4,6,10,14H,2,5H2,1H3,(H,15,16). The number of carbonyl (C=O) groups is 1. The number of benzene rings is 1. The van der Waals surface area contributed by atoms with Crippen LogP contribution < -0.4 is 5.32 Å². The van der Waals surface area contributed by atoms with E-state index in [1.807, 2.05) is 0 Å². The van der Waals surface area contributed by atoms with Crippen molar-refractivity contribution in [1.82, 2.24) is 5.32 Å². The molecule has 88 valence electrons. The maximum absolute atomic E-state index is 13.3. The van der Waals surface area contributed by atoms with Gasteiger partial charge in [-0.3, -0.25) is 4.79 Å². The first-order chi connectivity index (χ1) is 7.54. The van der Waals surface area contributed by atoms with Gasteiger partial charge in [-0.05, 0) is 43.7 Å². The third-order valence-electron chi connectivity index (χ3n) is 2.36. The van der Waals surface area contributed by atoms with Crippen molar-refractivity contribution in [2.24, 2.45) is 0 Å². The minimum Gasteiger partial charge on any atom is -0.480 e. The Labute approximate surface area is 102 Å². The Morgan fingerprint density at radius 2 is 2.31 bits per heavy atom. The normalized spacial score (nSPS) is 12.4. The second kappa shape index (κ2) is 5.96. The zero-order chi connectivity index (χ0) is 12.1. The Balaban J connectivity index is 2.66. The van der Waals surface area contributed by atoms with Crippen LogP contribution in [0.2, 0.25) is 0 Å². The SMILES string of the molecule is CNC(CCc1cc(Br)ccc1F)C(=O)O. The van der Waals surface area contributed by atoms with Gasteiger partial charge in [0.25, 0.3) is 0 Å². The maximum atomic E-state index is 13.3. The molecular weight excluding hydrogens is 277 g/mol. The van der Waals surface area contributed by atoms with Gasteiger partial charge in [0.2, 0.25) is 0 Å². The molecule has 1 aromatic carbocycles. The van der Waals surface area contributed by atoms with E-state index >= 15 is 0 Å². The molecule has 1 unspecified atom stereocenters. The predicted octanol–water partition coefficient (Wildman–Crippen LogP) is 2.19. The number of halogens is 2. The van der Waals surface area contributed by atoms with Crippen molar-refractivity contribution in [3.63, 3.8) is 0 Å². The summed E-state index contributed by atoms with van der Waals surface area (Å²) in [6, 6.07) is 4.02. The van der Waals surface area contributed by atoms with Gasteiger partial charge in [-0.2, -0.15) is 0 Å². The minimum absolute atomic E-state index is 0.302. The molecule has 0 aliphatic heterocycles. The Kier molecular flexibility index (Phi) is 4.89. The Morgan fingerprint density at radius 3 is 2.88 bits per heavy atom. The highest BCUT2D eigenvalue weighted by molar-refractivity contribution is 9.10. The van der Waals surface area contributed by atoms with Gasteiger partial charge in [-0.15, -0.1) is 0 Å². The van der Waals surface area contributed by atoms with Gasteiger partial charge in [-0.1, -0.05) is 15.9 Å². The molecule has 0 aliphatic carbocycles. The summed E-state index contributed by atoms with van der Waals surface area (Å²) in [6.45, 7) is 0. The highest BCUT2D eigenvalue weighted by Crippen LogP contribution is 2.17. The fraction of sp³-hybridized carbons (Fsp3) is 0.364. The van der Waals surface area contributed by atoms with Gasteiger partial charge in [0, 0.05) is 4.47 Å². The fourth-order valence-corrected chi connectivity index (χ4v) is 1.83. The third-order valence-corrected chi connectivity index (χ3v) is 2.85. The molecule has 16 heavy (non-hydrogen) atoms.